The fraction of sp³-hybridized carbons (Fsp3) is 0.200. The van der Waals surface area contributed by atoms with Gasteiger partial charge in [0.15, 0.2) is 0 Å². The molecule has 2 amide bonds. The van der Waals surface area contributed by atoms with E-state index in [1.807, 2.05) is 66.7 Å². The number of allylic oxidation sites excluding steroid dienone is 1. The molecule has 1 unspecified atom stereocenters. The number of nitrogens with zero attached hydrogens (tertiary/aromatic N) is 1. The molecule has 2 N–H and O–H groups in total. The van der Waals surface area contributed by atoms with Gasteiger partial charge in [-0.05, 0) is 47.0 Å². The number of likely N-dealkylation sites (N-methyl/N-ethyl adjacent to an activating group) is 1. The Hall–Kier alpha value is -4.32. The number of nitrogens with one attached hydrogen (secondary N) is 2. The molecule has 0 saturated carbocycles. The second-order valence-corrected chi connectivity index (χ2v) is 9.08. The van der Waals surface area contributed by atoms with E-state index in [0.29, 0.717) is 12.8 Å². The van der Waals surface area contributed by atoms with E-state index in [9.17, 15) is 9.59 Å². The van der Waals surface area contributed by atoms with Crippen molar-refractivity contribution in [2.45, 2.75) is 25.3 Å². The molecule has 1 aliphatic heterocycles. The molecule has 4 aromatic rings. The molecule has 0 radical (unpaired) electrons. The monoisotopic (exact) mass is 479 g/mol. The molecule has 6 nitrogen and oxygen atoms in total. The molecule has 0 aliphatic carbocycles. The average molecular weight is 480 g/mol. The van der Waals surface area contributed by atoms with Gasteiger partial charge in [-0.2, -0.15) is 0 Å². The van der Waals surface area contributed by atoms with E-state index in [0.717, 1.165) is 44.7 Å². The molecule has 2 bridgehead atoms. The summed E-state index contributed by atoms with van der Waals surface area (Å²) in [6, 6.07) is 22.7. The summed E-state index contributed by atoms with van der Waals surface area (Å²) < 4.78 is 5.24. The smallest absolute Gasteiger partial charge is 0.249 e. The van der Waals surface area contributed by atoms with E-state index >= 15 is 0 Å². The van der Waals surface area contributed by atoms with Gasteiger partial charge in [0, 0.05) is 42.2 Å². The zero-order chi connectivity index (χ0) is 25.1. The molecule has 1 aromatic heterocycles. The Morgan fingerprint density at radius 2 is 1.83 bits per heavy atom. The number of carbonyl (C=O) groups excluding carboxylic acids is 2. The van der Waals surface area contributed by atoms with Gasteiger partial charge < -0.3 is 19.9 Å². The number of amides is 2. The lowest BCUT2D eigenvalue weighted by Gasteiger charge is -2.25. The van der Waals surface area contributed by atoms with E-state index in [-0.39, 0.29) is 18.2 Å². The maximum atomic E-state index is 13.6. The summed E-state index contributed by atoms with van der Waals surface area (Å²) >= 11 is 0. The number of hydrogen-bond donors (Lipinski definition) is 2. The summed E-state index contributed by atoms with van der Waals surface area (Å²) in [6.45, 7) is 0. The Balaban J connectivity index is 1.50. The van der Waals surface area contributed by atoms with Crippen molar-refractivity contribution in [1.82, 2.24) is 10.3 Å². The van der Waals surface area contributed by atoms with Gasteiger partial charge in [0.05, 0.1) is 13.5 Å². The van der Waals surface area contributed by atoms with Crippen LogP contribution in [0.1, 0.15) is 22.4 Å². The second kappa shape index (κ2) is 10.1. The summed E-state index contributed by atoms with van der Waals surface area (Å²) in [7, 11) is 3.34. The van der Waals surface area contributed by atoms with Crippen LogP contribution in [-0.2, 0) is 28.9 Å². The highest BCUT2D eigenvalue weighted by Crippen LogP contribution is 2.25. The predicted molar refractivity (Wildman–Crippen MR) is 143 cm³/mol. The predicted octanol–water partition coefficient (Wildman–Crippen LogP) is 4.68. The van der Waals surface area contributed by atoms with E-state index in [4.69, 9.17) is 4.74 Å². The van der Waals surface area contributed by atoms with Crippen molar-refractivity contribution in [2.24, 2.45) is 0 Å². The number of H-pyrrole nitrogens is 1. The number of methoxy groups -OCH3 is 1. The van der Waals surface area contributed by atoms with Crippen LogP contribution in [-0.4, -0.2) is 37.0 Å². The van der Waals surface area contributed by atoms with Crippen LogP contribution in [0.5, 0.6) is 5.75 Å². The number of aromatic amines is 1. The first-order valence-electron chi connectivity index (χ1n) is 12.1. The Morgan fingerprint density at radius 3 is 2.64 bits per heavy atom. The molecule has 6 heteroatoms. The van der Waals surface area contributed by atoms with Gasteiger partial charge in [0.25, 0.3) is 0 Å². The summed E-state index contributed by atoms with van der Waals surface area (Å²) in [5.74, 6) is 0.361. The molecule has 1 aliphatic rings. The van der Waals surface area contributed by atoms with Crippen LogP contribution in [0.25, 0.3) is 17.0 Å². The van der Waals surface area contributed by atoms with Gasteiger partial charge in [-0.25, -0.2) is 0 Å². The van der Waals surface area contributed by atoms with E-state index < -0.39 is 6.04 Å². The summed E-state index contributed by atoms with van der Waals surface area (Å²) in [4.78, 5) is 32.1. The number of benzene rings is 3. The van der Waals surface area contributed by atoms with Crippen molar-refractivity contribution in [3.63, 3.8) is 0 Å². The average Bonchev–Trinajstić information content (AvgIpc) is 3.24. The topological polar surface area (TPSA) is 74.4 Å². The van der Waals surface area contributed by atoms with Gasteiger partial charge in [-0.3, -0.25) is 9.59 Å². The molecular weight excluding hydrogens is 450 g/mol. The minimum Gasteiger partial charge on any atom is -0.497 e. The first kappa shape index (κ1) is 23.4. The fourth-order valence-electron chi connectivity index (χ4n) is 4.78. The summed E-state index contributed by atoms with van der Waals surface area (Å²) in [5, 5.41) is 4.08. The zero-order valence-electron chi connectivity index (χ0n) is 20.5. The normalized spacial score (nSPS) is 15.7. The molecule has 182 valence electrons. The molecule has 36 heavy (non-hydrogen) atoms. The third-order valence-electron chi connectivity index (χ3n) is 6.69. The van der Waals surface area contributed by atoms with Gasteiger partial charge in [-0.1, -0.05) is 54.6 Å². The lowest BCUT2D eigenvalue weighted by Crippen LogP contribution is -2.49. The molecule has 2 heterocycles. The number of rotatable bonds is 3. The van der Waals surface area contributed by atoms with Crippen LogP contribution in [0.4, 0.5) is 5.69 Å². The van der Waals surface area contributed by atoms with Gasteiger partial charge in [0.1, 0.15) is 11.8 Å². The van der Waals surface area contributed by atoms with Gasteiger partial charge in [0.2, 0.25) is 11.8 Å². The lowest BCUT2D eigenvalue weighted by molar-refractivity contribution is -0.127. The number of anilines is 1. The minimum absolute atomic E-state index is 0.177. The van der Waals surface area contributed by atoms with Crippen LogP contribution in [0.3, 0.4) is 0 Å². The zero-order valence-corrected chi connectivity index (χ0v) is 20.5. The number of hydrogen-bond acceptors (Lipinski definition) is 3. The number of fused-ring (bicyclic) bond motifs is 5. The third-order valence-corrected chi connectivity index (χ3v) is 6.69. The van der Waals surface area contributed by atoms with E-state index in [2.05, 4.69) is 28.5 Å². The number of carbonyl (C=O) groups is 2. The maximum Gasteiger partial charge on any atom is 0.249 e. The summed E-state index contributed by atoms with van der Waals surface area (Å²) in [5.41, 5.74) is 5.76. The minimum atomic E-state index is -0.710. The molecule has 1 atom stereocenters. The Labute approximate surface area is 210 Å². The Bertz CT molecular complexity index is 1440. The third kappa shape index (κ3) is 4.89. The number of para-hydroxylation sites is 1. The molecular formula is C30H29N3O3. The lowest BCUT2D eigenvalue weighted by atomic mass is 10.0. The molecule has 0 saturated heterocycles. The van der Waals surface area contributed by atoms with E-state index in [1.165, 1.54) is 0 Å². The van der Waals surface area contributed by atoms with Crippen LogP contribution in [0, 0.1) is 0 Å². The van der Waals surface area contributed by atoms with Crippen LogP contribution in [0.15, 0.2) is 78.9 Å². The van der Waals surface area contributed by atoms with Gasteiger partial charge in [-0.15, -0.1) is 0 Å². The largest absolute Gasteiger partial charge is 0.497 e. The number of ether oxygens (including phenoxy) is 1. The first-order chi connectivity index (χ1) is 17.5. The Morgan fingerprint density at radius 1 is 1.03 bits per heavy atom. The molecule has 0 spiro atoms. The highest BCUT2D eigenvalue weighted by Gasteiger charge is 2.26. The van der Waals surface area contributed by atoms with Crippen molar-refractivity contribution in [1.29, 1.82) is 0 Å². The highest BCUT2D eigenvalue weighted by atomic mass is 16.5. The van der Waals surface area contributed by atoms with Crippen LogP contribution in [0.2, 0.25) is 0 Å². The second-order valence-electron chi connectivity index (χ2n) is 9.08. The van der Waals surface area contributed by atoms with Crippen molar-refractivity contribution >= 4 is 34.5 Å². The maximum absolute atomic E-state index is 13.6. The SMILES string of the molecule is COc1ccc(N(C)C(=O)C2Cc3cccc(c3)C=CCc3[nH]c4ccccc4c3CC(=O)N2)cc1. The standard InChI is InChI=1S/C30H29N3O3/c1-33(22-13-15-23(36-2)16-14-22)30(35)28-18-21-9-5-7-20(17-21)8-6-12-27-25(19-29(34)32-28)24-10-3-4-11-26(24)31-27/h3-11,13-17,28,31H,12,18-19H2,1-2H3,(H,32,34). The van der Waals surface area contributed by atoms with Gasteiger partial charge >= 0.3 is 0 Å². The molecule has 5 rings (SSSR count). The van der Waals surface area contributed by atoms with Crippen molar-refractivity contribution in [3.8, 4) is 5.75 Å². The van der Waals surface area contributed by atoms with Crippen molar-refractivity contribution in [2.75, 3.05) is 19.1 Å². The number of aromatic nitrogens is 1. The highest BCUT2D eigenvalue weighted by molar-refractivity contribution is 6.00. The van der Waals surface area contributed by atoms with Crippen LogP contribution >= 0.6 is 0 Å². The van der Waals surface area contributed by atoms with E-state index in [1.54, 1.807) is 19.1 Å². The first-order valence-corrected chi connectivity index (χ1v) is 12.1. The molecule has 0 fully saturated rings. The fourth-order valence-corrected chi connectivity index (χ4v) is 4.78. The summed E-state index contributed by atoms with van der Waals surface area (Å²) in [6.07, 6.45) is 5.48. The quantitative estimate of drug-likeness (QED) is 0.448. The molecule has 3 aromatic carbocycles. The van der Waals surface area contributed by atoms with Crippen molar-refractivity contribution in [3.05, 3.63) is 101 Å². The van der Waals surface area contributed by atoms with Crippen molar-refractivity contribution < 1.29 is 14.3 Å². The van der Waals surface area contributed by atoms with Crippen LogP contribution < -0.4 is 15.0 Å². The Kier molecular flexibility index (Phi) is 6.58.